The lowest BCUT2D eigenvalue weighted by atomic mass is 10.1. The summed E-state index contributed by atoms with van der Waals surface area (Å²) in [4.78, 5) is 39.1. The highest BCUT2D eigenvalue weighted by molar-refractivity contribution is 9.10. The van der Waals surface area contributed by atoms with Crippen molar-refractivity contribution in [3.8, 4) is 0 Å². The Bertz CT molecular complexity index is 1180. The second kappa shape index (κ2) is 11.1. The Morgan fingerprint density at radius 1 is 0.848 bits per heavy atom. The fraction of sp³-hybridized carbons (Fsp3) is 0.0833. The van der Waals surface area contributed by atoms with Crippen molar-refractivity contribution in [2.75, 3.05) is 29.6 Å². The zero-order valence-electron chi connectivity index (χ0n) is 18.0. The van der Waals surface area contributed by atoms with Crippen LogP contribution in [0.2, 0.25) is 0 Å². The maximum Gasteiger partial charge on any atom is 0.329 e. The van der Waals surface area contributed by atoms with E-state index < -0.39 is 17.7 Å². The predicted molar refractivity (Wildman–Crippen MR) is 134 cm³/mol. The van der Waals surface area contributed by atoms with Gasteiger partial charge in [-0.3, -0.25) is 14.4 Å². The summed E-state index contributed by atoms with van der Waals surface area (Å²) in [5, 5.41) is 9.03. The number of rotatable bonds is 6. The fourth-order valence-corrected chi connectivity index (χ4v) is 3.04. The molecule has 3 rings (SSSR count). The second-order valence-corrected chi connectivity index (χ2v) is 8.06. The molecule has 0 aliphatic rings. The van der Waals surface area contributed by atoms with E-state index in [-0.39, 0.29) is 11.3 Å². The van der Waals surface area contributed by atoms with Crippen LogP contribution in [0, 0.1) is 0 Å². The van der Waals surface area contributed by atoms with Gasteiger partial charge in [0.15, 0.2) is 0 Å². The first kappa shape index (κ1) is 23.7. The number of benzene rings is 3. The number of anilines is 3. The van der Waals surface area contributed by atoms with Crippen molar-refractivity contribution in [1.29, 1.82) is 0 Å². The molecule has 9 heteroatoms. The predicted octanol–water partition coefficient (Wildman–Crippen LogP) is 3.86. The van der Waals surface area contributed by atoms with E-state index >= 15 is 0 Å². The molecular weight excluding hydrogens is 486 g/mol. The minimum Gasteiger partial charge on any atom is -0.378 e. The van der Waals surface area contributed by atoms with E-state index in [4.69, 9.17) is 0 Å². The van der Waals surface area contributed by atoms with Crippen molar-refractivity contribution in [3.63, 3.8) is 0 Å². The lowest BCUT2D eigenvalue weighted by molar-refractivity contribution is -0.136. The van der Waals surface area contributed by atoms with Gasteiger partial charge in [-0.15, -0.1) is 0 Å². The molecule has 168 valence electrons. The maximum atomic E-state index is 12.7. The van der Waals surface area contributed by atoms with Crippen molar-refractivity contribution in [3.05, 3.63) is 88.4 Å². The normalized spacial score (nSPS) is 10.5. The number of nitrogens with zero attached hydrogens (tertiary/aromatic N) is 2. The van der Waals surface area contributed by atoms with Crippen LogP contribution in [-0.2, 0) is 9.59 Å². The van der Waals surface area contributed by atoms with E-state index in [1.807, 2.05) is 43.3 Å². The summed E-state index contributed by atoms with van der Waals surface area (Å²) in [7, 11) is 3.87. The summed E-state index contributed by atoms with van der Waals surface area (Å²) in [6, 6.07) is 21.0. The zero-order chi connectivity index (χ0) is 23.8. The van der Waals surface area contributed by atoms with Gasteiger partial charge in [-0.2, -0.15) is 5.10 Å². The van der Waals surface area contributed by atoms with E-state index in [1.54, 1.807) is 42.5 Å². The molecule has 0 bridgehead atoms. The van der Waals surface area contributed by atoms with Crippen LogP contribution in [0.5, 0.6) is 0 Å². The number of para-hydroxylation sites is 1. The van der Waals surface area contributed by atoms with E-state index in [2.05, 4.69) is 37.1 Å². The lowest BCUT2D eigenvalue weighted by Gasteiger charge is -2.11. The Morgan fingerprint density at radius 2 is 1.52 bits per heavy atom. The van der Waals surface area contributed by atoms with E-state index in [0.717, 1.165) is 15.7 Å². The zero-order valence-corrected chi connectivity index (χ0v) is 19.6. The summed E-state index contributed by atoms with van der Waals surface area (Å²) >= 11 is 3.34. The highest BCUT2D eigenvalue weighted by atomic mass is 79.9. The molecule has 3 amide bonds. The third-order valence-corrected chi connectivity index (χ3v) is 5.05. The van der Waals surface area contributed by atoms with Crippen LogP contribution in [-0.4, -0.2) is 38.0 Å². The molecule has 0 heterocycles. The van der Waals surface area contributed by atoms with Crippen LogP contribution in [0.4, 0.5) is 17.1 Å². The molecule has 0 aliphatic heterocycles. The number of amides is 3. The molecule has 0 atom stereocenters. The number of carbonyl (C=O) groups excluding carboxylic acids is 3. The molecule has 0 aliphatic carbocycles. The number of halogens is 1. The van der Waals surface area contributed by atoms with Crippen molar-refractivity contribution in [2.45, 2.75) is 0 Å². The average molecular weight is 508 g/mol. The monoisotopic (exact) mass is 507 g/mol. The molecule has 0 saturated heterocycles. The average Bonchev–Trinajstić information content (AvgIpc) is 2.81. The highest BCUT2D eigenvalue weighted by Crippen LogP contribution is 2.19. The Kier molecular flexibility index (Phi) is 7.93. The molecule has 0 radical (unpaired) electrons. The summed E-state index contributed by atoms with van der Waals surface area (Å²) in [6.07, 6.45) is 1.43. The van der Waals surface area contributed by atoms with Crippen molar-refractivity contribution < 1.29 is 14.4 Å². The van der Waals surface area contributed by atoms with Gasteiger partial charge in [-0.1, -0.05) is 40.2 Å². The molecule has 0 saturated carbocycles. The highest BCUT2D eigenvalue weighted by Gasteiger charge is 2.17. The lowest BCUT2D eigenvalue weighted by Crippen LogP contribution is -2.33. The first-order valence-corrected chi connectivity index (χ1v) is 10.7. The molecule has 8 nitrogen and oxygen atoms in total. The van der Waals surface area contributed by atoms with Crippen LogP contribution >= 0.6 is 15.9 Å². The van der Waals surface area contributed by atoms with Crippen LogP contribution in [0.15, 0.2) is 82.4 Å². The van der Waals surface area contributed by atoms with Gasteiger partial charge in [0.2, 0.25) is 0 Å². The first-order chi connectivity index (χ1) is 15.8. The fourth-order valence-electron chi connectivity index (χ4n) is 2.78. The van der Waals surface area contributed by atoms with Crippen molar-refractivity contribution in [1.82, 2.24) is 5.43 Å². The number of hydrogen-bond acceptors (Lipinski definition) is 5. The minimum atomic E-state index is -0.959. The van der Waals surface area contributed by atoms with Crippen LogP contribution in [0.25, 0.3) is 0 Å². The molecule has 3 N–H and O–H groups in total. The number of hydrogen-bond donors (Lipinski definition) is 3. The number of nitrogens with one attached hydrogen (secondary N) is 3. The van der Waals surface area contributed by atoms with E-state index in [0.29, 0.717) is 5.69 Å². The van der Waals surface area contributed by atoms with Gasteiger partial charge < -0.3 is 15.5 Å². The Hall–Kier alpha value is -3.98. The van der Waals surface area contributed by atoms with Crippen molar-refractivity contribution >= 4 is 56.9 Å². The number of carbonyl (C=O) groups is 3. The molecule has 0 unspecified atom stereocenters. The molecule has 3 aromatic rings. The third kappa shape index (κ3) is 6.75. The first-order valence-electron chi connectivity index (χ1n) is 9.91. The van der Waals surface area contributed by atoms with Gasteiger partial charge >= 0.3 is 11.8 Å². The topological polar surface area (TPSA) is 103 Å². The largest absolute Gasteiger partial charge is 0.378 e. The molecule has 3 aromatic carbocycles. The Balaban J connectivity index is 1.60. The number of hydrazone groups is 1. The molecule has 0 spiro atoms. The van der Waals surface area contributed by atoms with Crippen LogP contribution < -0.4 is 21.0 Å². The maximum absolute atomic E-state index is 12.7. The molecule has 0 aromatic heterocycles. The second-order valence-electron chi connectivity index (χ2n) is 7.15. The van der Waals surface area contributed by atoms with Gasteiger partial charge in [0, 0.05) is 29.9 Å². The van der Waals surface area contributed by atoms with Crippen LogP contribution in [0.3, 0.4) is 0 Å². The standard InChI is InChI=1S/C24H22BrN5O3/c1-30(2)19-13-7-16(8-14-19)15-26-29-24(33)23(32)28-21-6-4-3-5-20(21)22(31)27-18-11-9-17(25)10-12-18/h3-15H,1-2H3,(H,27,31)(H,28,32)(H,29,33)/b26-15-. The van der Waals surface area contributed by atoms with Gasteiger partial charge in [0.25, 0.3) is 5.91 Å². The van der Waals surface area contributed by atoms with Crippen molar-refractivity contribution in [2.24, 2.45) is 5.10 Å². The minimum absolute atomic E-state index is 0.204. The van der Waals surface area contributed by atoms with E-state index in [1.165, 1.54) is 12.3 Å². The quantitative estimate of drug-likeness (QED) is 0.267. The van der Waals surface area contributed by atoms with Crippen LogP contribution in [0.1, 0.15) is 15.9 Å². The van der Waals surface area contributed by atoms with E-state index in [9.17, 15) is 14.4 Å². The van der Waals surface area contributed by atoms with Gasteiger partial charge in [-0.05, 0) is 54.1 Å². The summed E-state index contributed by atoms with van der Waals surface area (Å²) in [5.74, 6) is -2.33. The summed E-state index contributed by atoms with van der Waals surface area (Å²) in [5.41, 5.74) is 4.98. The third-order valence-electron chi connectivity index (χ3n) is 4.52. The molecule has 33 heavy (non-hydrogen) atoms. The van der Waals surface area contributed by atoms with Gasteiger partial charge in [0.05, 0.1) is 17.5 Å². The SMILES string of the molecule is CN(C)c1ccc(/C=N\NC(=O)C(=O)Nc2ccccc2C(=O)Nc2ccc(Br)cc2)cc1. The molecular formula is C24H22BrN5O3. The smallest absolute Gasteiger partial charge is 0.329 e. The Morgan fingerprint density at radius 3 is 2.18 bits per heavy atom. The molecule has 0 fully saturated rings. The summed E-state index contributed by atoms with van der Waals surface area (Å²) in [6.45, 7) is 0. The summed E-state index contributed by atoms with van der Waals surface area (Å²) < 4.78 is 0.882. The Labute approximate surface area is 199 Å². The van der Waals surface area contributed by atoms with Gasteiger partial charge in [-0.25, -0.2) is 5.43 Å². The van der Waals surface area contributed by atoms with Gasteiger partial charge in [0.1, 0.15) is 0 Å².